The zero-order valence-electron chi connectivity index (χ0n) is 35.8. The van der Waals surface area contributed by atoms with Crippen molar-refractivity contribution in [3.8, 4) is 0 Å². The smallest absolute Gasteiger partial charge is 0.410 e. The summed E-state index contributed by atoms with van der Waals surface area (Å²) < 4.78 is 5.52. The van der Waals surface area contributed by atoms with Gasteiger partial charge in [-0.15, -0.1) is 0 Å². The number of benzene rings is 1. The van der Waals surface area contributed by atoms with Crippen LogP contribution in [0.1, 0.15) is 105 Å². The van der Waals surface area contributed by atoms with Crippen molar-refractivity contribution in [3.05, 3.63) is 42.0 Å². The second kappa shape index (κ2) is 24.5. The molecule has 16 nitrogen and oxygen atoms in total. The standard InChI is InChI=1S/C43H64N6O10/c1-26(2)33(29(7)50)24-35(52)40(28(5)6)48(8)43(58)59-25-30-15-17-32(18-16-30)46-41(56)31(13-12-21-45-42(44)57)23-34(51)39(27(3)4)47-36(53)14-10-9-11-22-49-37(54)19-20-38(49)55/h15-20,26-28,31,33,39-40H,9-14,21-25H2,1-8H3,(H,46,56)(H,47,53)(H3,44,45,57)/t31-,33+,39+,40+/m1/s1. The average Bonchev–Trinajstić information content (AvgIpc) is 3.48. The average molecular weight is 825 g/mol. The van der Waals surface area contributed by atoms with Crippen LogP contribution in [0.2, 0.25) is 0 Å². The molecule has 0 aromatic heterocycles. The Morgan fingerprint density at radius 3 is 1.97 bits per heavy atom. The molecule has 0 radical (unpaired) electrons. The molecular weight excluding hydrogens is 761 g/mol. The molecule has 1 heterocycles. The summed E-state index contributed by atoms with van der Waals surface area (Å²) in [5.41, 5.74) is 6.23. The van der Waals surface area contributed by atoms with Crippen molar-refractivity contribution in [2.24, 2.45) is 35.3 Å². The van der Waals surface area contributed by atoms with Crippen LogP contribution >= 0.6 is 0 Å². The molecule has 0 aliphatic carbocycles. The van der Waals surface area contributed by atoms with E-state index in [0.717, 1.165) is 4.90 Å². The SMILES string of the molecule is CC(=O)[C@@H](CC(=O)[C@H](C(C)C)N(C)C(=O)OCc1ccc(NC(=O)[C@H](CCCNC(N)=O)CC(=O)[C@@H](NC(=O)CCCCCN2C(=O)C=CC2=O)C(C)C)cc1)C(C)C. The van der Waals surface area contributed by atoms with Crippen LogP contribution in [-0.4, -0.2) is 95.1 Å². The molecule has 326 valence electrons. The number of ketones is 3. The molecule has 1 aliphatic rings. The number of primary amides is 1. The summed E-state index contributed by atoms with van der Waals surface area (Å²) in [6.45, 7) is 12.8. The third-order valence-corrected chi connectivity index (χ3v) is 10.4. The molecule has 7 amide bonds. The number of carbonyl (C=O) groups excluding carboxylic acids is 9. The van der Waals surface area contributed by atoms with Gasteiger partial charge in [0.2, 0.25) is 11.8 Å². The Morgan fingerprint density at radius 1 is 0.797 bits per heavy atom. The minimum Gasteiger partial charge on any atom is -0.445 e. The molecule has 0 spiro atoms. The van der Waals surface area contributed by atoms with Gasteiger partial charge < -0.3 is 31.3 Å². The molecule has 0 bridgehead atoms. The van der Waals surface area contributed by atoms with E-state index in [9.17, 15) is 43.2 Å². The van der Waals surface area contributed by atoms with Gasteiger partial charge in [0, 0.05) is 69.1 Å². The van der Waals surface area contributed by atoms with E-state index in [4.69, 9.17) is 10.5 Å². The molecule has 5 N–H and O–H groups in total. The number of imide groups is 1. The zero-order valence-corrected chi connectivity index (χ0v) is 35.8. The number of urea groups is 1. The van der Waals surface area contributed by atoms with Gasteiger partial charge in [0.1, 0.15) is 12.4 Å². The first-order chi connectivity index (χ1) is 27.7. The van der Waals surface area contributed by atoms with E-state index in [2.05, 4.69) is 16.0 Å². The van der Waals surface area contributed by atoms with Crippen molar-refractivity contribution in [1.29, 1.82) is 0 Å². The maximum Gasteiger partial charge on any atom is 0.410 e. The topological polar surface area (TPSA) is 231 Å². The fourth-order valence-electron chi connectivity index (χ4n) is 7.01. The Balaban J connectivity index is 2.01. The molecule has 0 saturated carbocycles. The van der Waals surface area contributed by atoms with E-state index in [1.807, 2.05) is 27.7 Å². The summed E-state index contributed by atoms with van der Waals surface area (Å²) in [7, 11) is 1.50. The minimum atomic E-state index is -0.847. The number of unbranched alkanes of at least 4 members (excludes halogenated alkanes) is 2. The highest BCUT2D eigenvalue weighted by Crippen LogP contribution is 2.23. The highest BCUT2D eigenvalue weighted by molar-refractivity contribution is 6.12. The van der Waals surface area contributed by atoms with Crippen LogP contribution < -0.4 is 21.7 Å². The van der Waals surface area contributed by atoms with Gasteiger partial charge in [0.25, 0.3) is 11.8 Å². The Hall–Kier alpha value is -5.41. The lowest BCUT2D eigenvalue weighted by Crippen LogP contribution is -2.46. The van der Waals surface area contributed by atoms with Crippen molar-refractivity contribution in [3.63, 3.8) is 0 Å². The molecule has 2 rings (SSSR count). The second-order valence-electron chi connectivity index (χ2n) is 16.2. The van der Waals surface area contributed by atoms with Crippen LogP contribution in [-0.2, 0) is 44.9 Å². The van der Waals surface area contributed by atoms with Gasteiger partial charge in [-0.2, -0.15) is 0 Å². The van der Waals surface area contributed by atoms with E-state index >= 15 is 0 Å². The Kier molecular flexibility index (Phi) is 20.6. The highest BCUT2D eigenvalue weighted by atomic mass is 16.6. The number of rotatable bonds is 26. The summed E-state index contributed by atoms with van der Waals surface area (Å²) in [6, 6.07) is 4.25. The first-order valence-corrected chi connectivity index (χ1v) is 20.4. The summed E-state index contributed by atoms with van der Waals surface area (Å²) in [6.07, 6.45) is 3.98. The number of likely N-dealkylation sites (N-methyl/N-ethyl adjacent to an activating group) is 1. The van der Waals surface area contributed by atoms with Gasteiger partial charge in [-0.25, -0.2) is 9.59 Å². The quantitative estimate of drug-likeness (QED) is 0.0744. The highest BCUT2D eigenvalue weighted by Gasteiger charge is 2.34. The lowest BCUT2D eigenvalue weighted by Gasteiger charge is -2.31. The van der Waals surface area contributed by atoms with Crippen molar-refractivity contribution < 1.29 is 47.9 Å². The number of nitrogens with zero attached hydrogens (tertiary/aromatic N) is 2. The van der Waals surface area contributed by atoms with Gasteiger partial charge in [-0.1, -0.05) is 60.1 Å². The number of nitrogens with two attached hydrogens (primary N) is 1. The summed E-state index contributed by atoms with van der Waals surface area (Å²) in [5, 5.41) is 8.13. The summed E-state index contributed by atoms with van der Waals surface area (Å²) >= 11 is 0. The van der Waals surface area contributed by atoms with Crippen LogP contribution in [0.3, 0.4) is 0 Å². The number of Topliss-reactive ketones (excluding diaryl/α,β-unsaturated/α-hetero) is 3. The van der Waals surface area contributed by atoms with Gasteiger partial charge in [-0.05, 0) is 68.1 Å². The Bertz CT molecular complexity index is 1670. The number of hydrogen-bond donors (Lipinski definition) is 4. The van der Waals surface area contributed by atoms with Gasteiger partial charge >= 0.3 is 12.1 Å². The van der Waals surface area contributed by atoms with Crippen molar-refractivity contribution in [2.75, 3.05) is 25.5 Å². The van der Waals surface area contributed by atoms with Crippen LogP contribution in [0.5, 0.6) is 0 Å². The Morgan fingerprint density at radius 2 is 1.42 bits per heavy atom. The lowest BCUT2D eigenvalue weighted by molar-refractivity contribution is -0.137. The van der Waals surface area contributed by atoms with E-state index in [-0.39, 0.29) is 98.2 Å². The number of amides is 7. The molecule has 1 aliphatic heterocycles. The van der Waals surface area contributed by atoms with Gasteiger partial charge in [0.05, 0.1) is 12.1 Å². The first-order valence-electron chi connectivity index (χ1n) is 20.4. The van der Waals surface area contributed by atoms with Crippen LogP contribution in [0.25, 0.3) is 0 Å². The number of ether oxygens (including phenoxy) is 1. The molecule has 0 fully saturated rings. The predicted molar refractivity (Wildman–Crippen MR) is 221 cm³/mol. The fourth-order valence-corrected chi connectivity index (χ4v) is 7.01. The van der Waals surface area contributed by atoms with Crippen LogP contribution in [0.4, 0.5) is 15.3 Å². The molecule has 59 heavy (non-hydrogen) atoms. The van der Waals surface area contributed by atoms with Gasteiger partial charge in [-0.3, -0.25) is 38.5 Å². The van der Waals surface area contributed by atoms with Crippen LogP contribution in [0, 0.1) is 29.6 Å². The molecule has 1 aromatic rings. The number of nitrogens with one attached hydrogen (secondary N) is 3. The normalized spacial score (nSPS) is 14.5. The molecule has 0 saturated heterocycles. The maximum atomic E-state index is 13.6. The molecule has 4 atom stereocenters. The fraction of sp³-hybridized carbons (Fsp3) is 0.605. The van der Waals surface area contributed by atoms with E-state index in [0.29, 0.717) is 36.9 Å². The van der Waals surface area contributed by atoms with Crippen molar-refractivity contribution in [1.82, 2.24) is 20.4 Å². The monoisotopic (exact) mass is 824 g/mol. The molecule has 1 aromatic carbocycles. The van der Waals surface area contributed by atoms with Crippen LogP contribution in [0.15, 0.2) is 36.4 Å². The number of carbonyl (C=O) groups is 9. The van der Waals surface area contributed by atoms with E-state index in [1.54, 1.807) is 38.1 Å². The van der Waals surface area contributed by atoms with Crippen molar-refractivity contribution >= 4 is 58.8 Å². The third-order valence-electron chi connectivity index (χ3n) is 10.4. The molecule has 16 heteroatoms. The lowest BCUT2D eigenvalue weighted by atomic mass is 9.84. The van der Waals surface area contributed by atoms with Gasteiger partial charge in [0.15, 0.2) is 11.6 Å². The minimum absolute atomic E-state index is 0.0211. The van der Waals surface area contributed by atoms with Crippen molar-refractivity contribution in [2.45, 2.75) is 119 Å². The van der Waals surface area contributed by atoms with E-state index in [1.165, 1.54) is 31.0 Å². The summed E-state index contributed by atoms with van der Waals surface area (Å²) in [5.74, 6) is -3.82. The third kappa shape index (κ3) is 16.8. The molecule has 0 unspecified atom stereocenters. The zero-order chi connectivity index (χ0) is 44.4. The summed E-state index contributed by atoms with van der Waals surface area (Å²) in [4.78, 5) is 116. The predicted octanol–water partition coefficient (Wildman–Crippen LogP) is 4.69. The largest absolute Gasteiger partial charge is 0.445 e. The number of hydrogen-bond acceptors (Lipinski definition) is 10. The van der Waals surface area contributed by atoms with E-state index < -0.39 is 42.0 Å². The molecular formula is C43H64N6O10. The second-order valence-corrected chi connectivity index (χ2v) is 16.2. The Labute approximate surface area is 347 Å². The number of anilines is 1. The first kappa shape index (κ1) is 49.7. The maximum absolute atomic E-state index is 13.6.